The van der Waals surface area contributed by atoms with E-state index in [1.165, 1.54) is 20.7 Å². The molecule has 7 aromatic carbocycles. The third-order valence-corrected chi connectivity index (χ3v) is 16.6. The molecule has 0 spiro atoms. The molecule has 0 atom stereocenters. The van der Waals surface area contributed by atoms with Gasteiger partial charge in [-0.2, -0.15) is 0 Å². The summed E-state index contributed by atoms with van der Waals surface area (Å²) in [4.78, 5) is 0. The second-order valence-electron chi connectivity index (χ2n) is 11.3. The largest absolute Gasteiger partial charge is 0.309 e. The molecule has 3 heteroatoms. The molecule has 0 unspecified atom stereocenters. The van der Waals surface area contributed by atoms with E-state index in [0.29, 0.717) is 0 Å². The van der Waals surface area contributed by atoms with Gasteiger partial charge in [-0.15, -0.1) is 0 Å². The van der Waals surface area contributed by atoms with Crippen LogP contribution in [0.4, 0.5) is 0 Å². The highest BCUT2D eigenvalue weighted by Crippen LogP contribution is 2.42. The van der Waals surface area contributed by atoms with E-state index in [9.17, 15) is 4.57 Å². The lowest BCUT2D eigenvalue weighted by atomic mass is 10.1. The number of benzene rings is 7. The van der Waals surface area contributed by atoms with E-state index in [1.807, 2.05) is 72.8 Å². The lowest BCUT2D eigenvalue weighted by molar-refractivity contribution is 0.592. The van der Waals surface area contributed by atoms with Crippen LogP contribution >= 0.6 is 7.14 Å². The van der Waals surface area contributed by atoms with Crippen LogP contribution < -0.4 is 36.7 Å². The lowest BCUT2D eigenvalue weighted by Crippen LogP contribution is -2.74. The summed E-state index contributed by atoms with van der Waals surface area (Å²) in [5.41, 5.74) is 2.24. The van der Waals surface area contributed by atoms with E-state index in [-0.39, 0.29) is 0 Å². The quantitative estimate of drug-likeness (QED) is 0.111. The van der Waals surface area contributed by atoms with Crippen LogP contribution in [0.15, 0.2) is 200 Å². The molecular formula is C42H33OPSi. The molecule has 0 saturated carbocycles. The minimum Gasteiger partial charge on any atom is -0.309 e. The summed E-state index contributed by atoms with van der Waals surface area (Å²) in [6.45, 7) is 0. The predicted octanol–water partition coefficient (Wildman–Crippen LogP) is 6.37. The Hall–Kier alpha value is -5.01. The van der Waals surface area contributed by atoms with Gasteiger partial charge in [0.2, 0.25) is 0 Å². The molecule has 0 bridgehead atoms. The fourth-order valence-electron chi connectivity index (χ4n) is 6.56. The first-order valence-electron chi connectivity index (χ1n) is 15.3. The van der Waals surface area contributed by atoms with Crippen molar-refractivity contribution < 1.29 is 4.57 Å². The molecule has 0 amide bonds. The molecule has 0 fully saturated rings. The fraction of sp³-hybridized carbons (Fsp3) is 0. The molecule has 45 heavy (non-hydrogen) atoms. The molecule has 216 valence electrons. The molecule has 0 saturated heterocycles. The molecule has 7 rings (SSSR count). The van der Waals surface area contributed by atoms with Crippen molar-refractivity contribution in [1.29, 1.82) is 0 Å². The molecule has 0 aliphatic rings. The Bertz CT molecular complexity index is 1890. The summed E-state index contributed by atoms with van der Waals surface area (Å²) in [5, 5.41) is 7.94. The van der Waals surface area contributed by atoms with Gasteiger partial charge in [0.25, 0.3) is 0 Å². The van der Waals surface area contributed by atoms with E-state index < -0.39 is 15.2 Å². The van der Waals surface area contributed by atoms with Gasteiger partial charge in [-0.1, -0.05) is 200 Å². The van der Waals surface area contributed by atoms with Gasteiger partial charge in [-0.25, -0.2) is 0 Å². The smallest absolute Gasteiger partial charge is 0.179 e. The number of rotatable bonds is 8. The topological polar surface area (TPSA) is 17.1 Å². The van der Waals surface area contributed by atoms with E-state index in [4.69, 9.17) is 0 Å². The number of hydrogen-bond acceptors (Lipinski definition) is 1. The van der Waals surface area contributed by atoms with Gasteiger partial charge < -0.3 is 4.57 Å². The Balaban J connectivity index is 1.32. The summed E-state index contributed by atoms with van der Waals surface area (Å²) in [5.74, 6) is 0. The maximum Gasteiger partial charge on any atom is 0.179 e. The van der Waals surface area contributed by atoms with Gasteiger partial charge >= 0.3 is 0 Å². The average Bonchev–Trinajstić information content (AvgIpc) is 3.14. The van der Waals surface area contributed by atoms with Crippen molar-refractivity contribution in [2.45, 2.75) is 0 Å². The molecule has 0 heterocycles. The predicted molar refractivity (Wildman–Crippen MR) is 195 cm³/mol. The van der Waals surface area contributed by atoms with E-state index in [0.717, 1.165) is 27.0 Å². The molecule has 1 nitrogen and oxygen atoms in total. The molecule has 0 aliphatic carbocycles. The minimum absolute atomic E-state index is 0.837. The van der Waals surface area contributed by atoms with Crippen LogP contribution in [0, 0.1) is 0 Å². The van der Waals surface area contributed by atoms with Crippen molar-refractivity contribution in [2.24, 2.45) is 0 Å². The van der Waals surface area contributed by atoms with Gasteiger partial charge in [-0.05, 0) is 31.9 Å². The summed E-state index contributed by atoms with van der Waals surface area (Å²) in [6, 6.07) is 70.1. The van der Waals surface area contributed by atoms with Crippen LogP contribution in [0.5, 0.6) is 0 Å². The summed E-state index contributed by atoms with van der Waals surface area (Å²) in [7, 11) is -5.58. The maximum atomic E-state index is 14.8. The first-order valence-corrected chi connectivity index (χ1v) is 19.0. The first kappa shape index (κ1) is 28.7. The third-order valence-electron chi connectivity index (χ3n) is 8.74. The highest BCUT2D eigenvalue weighted by Gasteiger charge is 2.41. The van der Waals surface area contributed by atoms with Crippen LogP contribution in [0.1, 0.15) is 0 Å². The minimum atomic E-state index is -3.01. The average molecular weight is 613 g/mol. The zero-order chi connectivity index (χ0) is 30.5. The lowest BCUT2D eigenvalue weighted by Gasteiger charge is -2.34. The van der Waals surface area contributed by atoms with Crippen molar-refractivity contribution in [3.63, 3.8) is 0 Å². The highest BCUT2D eigenvalue weighted by atomic mass is 31.2. The summed E-state index contributed by atoms with van der Waals surface area (Å²) >= 11 is 0. The number of hydrogen-bond donors (Lipinski definition) is 0. The van der Waals surface area contributed by atoms with Crippen LogP contribution in [-0.2, 0) is 4.57 Å². The van der Waals surface area contributed by atoms with Crippen molar-refractivity contribution >= 4 is 51.9 Å². The van der Waals surface area contributed by atoms with Crippen molar-refractivity contribution in [1.82, 2.24) is 0 Å². The van der Waals surface area contributed by atoms with Crippen molar-refractivity contribution in [3.8, 4) is 11.1 Å². The van der Waals surface area contributed by atoms with Gasteiger partial charge in [0.1, 0.15) is 0 Å². The van der Waals surface area contributed by atoms with E-state index in [1.54, 1.807) is 0 Å². The van der Waals surface area contributed by atoms with Gasteiger partial charge in [0.15, 0.2) is 15.2 Å². The summed E-state index contributed by atoms with van der Waals surface area (Å²) in [6.07, 6.45) is 0. The van der Waals surface area contributed by atoms with Crippen LogP contribution in [0.25, 0.3) is 11.1 Å². The zero-order valence-corrected chi connectivity index (χ0v) is 26.8. The molecular weight excluding hydrogens is 580 g/mol. The molecule has 0 N–H and O–H groups in total. The van der Waals surface area contributed by atoms with E-state index >= 15 is 0 Å². The highest BCUT2D eigenvalue weighted by molar-refractivity contribution is 7.85. The van der Waals surface area contributed by atoms with Crippen LogP contribution in [0.2, 0.25) is 0 Å². The fourth-order valence-corrected chi connectivity index (χ4v) is 14.0. The SMILES string of the molecule is O=P(c1ccccc1)(c1ccccc1)c1ccc(-c2ccc([Si](c3ccccc3)(c3ccccc3)c3ccccc3)cc2)cc1. The molecule has 7 aromatic rings. The Kier molecular flexibility index (Phi) is 8.01. The standard InChI is InChI=1S/C42H33OPSi/c43-44(36-16-6-1-7-17-36,37-18-8-2-9-19-37)38-30-26-34(27-31-38)35-28-32-42(33-29-35)45(39-20-10-3-11-21-39,40-22-12-4-13-23-40)41-24-14-5-15-25-41/h1-33H. The molecule has 0 aliphatic heterocycles. The second-order valence-corrected chi connectivity index (χ2v) is 17.8. The third kappa shape index (κ3) is 5.23. The van der Waals surface area contributed by atoms with Crippen molar-refractivity contribution in [3.05, 3.63) is 200 Å². The first-order chi connectivity index (χ1) is 22.2. The van der Waals surface area contributed by atoms with Gasteiger partial charge in [-0.3, -0.25) is 0 Å². The maximum absolute atomic E-state index is 14.8. The monoisotopic (exact) mass is 612 g/mol. The van der Waals surface area contributed by atoms with Crippen LogP contribution in [0.3, 0.4) is 0 Å². The molecule has 0 aromatic heterocycles. The Labute approximate surface area is 266 Å². The Morgan fingerprint density at radius 3 is 0.911 bits per heavy atom. The molecule has 0 radical (unpaired) electrons. The van der Waals surface area contributed by atoms with E-state index in [2.05, 4.69) is 127 Å². The van der Waals surface area contributed by atoms with Crippen molar-refractivity contribution in [2.75, 3.05) is 0 Å². The zero-order valence-electron chi connectivity index (χ0n) is 24.9. The van der Waals surface area contributed by atoms with Gasteiger partial charge in [0.05, 0.1) is 0 Å². The summed E-state index contributed by atoms with van der Waals surface area (Å²) < 4.78 is 14.8. The second kappa shape index (κ2) is 12.5. The Morgan fingerprint density at radius 1 is 0.289 bits per heavy atom. The normalized spacial score (nSPS) is 11.6. The van der Waals surface area contributed by atoms with Crippen LogP contribution in [-0.4, -0.2) is 8.07 Å². The Morgan fingerprint density at radius 2 is 0.556 bits per heavy atom. The van der Waals surface area contributed by atoms with Gasteiger partial charge in [0, 0.05) is 15.9 Å².